The van der Waals surface area contributed by atoms with Crippen molar-refractivity contribution in [2.24, 2.45) is 11.3 Å². The standard InChI is InChI=1S/C18H25NO/c1-4-16-15(14-7-5-6-8-17(14)20-16)11-19-12-18(9-10-18)13(2)3/h5-8,13,19H,4,9-12H2,1-3H3. The number of aryl methyl sites for hydroxylation is 1. The maximum Gasteiger partial charge on any atom is 0.134 e. The van der Waals surface area contributed by atoms with Gasteiger partial charge in [0, 0.05) is 30.5 Å². The van der Waals surface area contributed by atoms with Crippen LogP contribution in [0.5, 0.6) is 0 Å². The molecule has 1 aliphatic rings. The molecule has 0 saturated heterocycles. The SMILES string of the molecule is CCc1oc2ccccc2c1CNCC1(C(C)C)CC1. The summed E-state index contributed by atoms with van der Waals surface area (Å²) in [6.45, 7) is 8.92. The van der Waals surface area contributed by atoms with E-state index in [1.807, 2.05) is 6.07 Å². The first-order valence-electron chi connectivity index (χ1n) is 7.86. The Balaban J connectivity index is 1.74. The topological polar surface area (TPSA) is 25.2 Å². The highest BCUT2D eigenvalue weighted by atomic mass is 16.3. The molecule has 0 bridgehead atoms. The van der Waals surface area contributed by atoms with Crippen molar-refractivity contribution in [2.75, 3.05) is 6.54 Å². The Morgan fingerprint density at radius 2 is 2.00 bits per heavy atom. The number of furan rings is 1. The van der Waals surface area contributed by atoms with Gasteiger partial charge in [-0.2, -0.15) is 0 Å². The third-order valence-corrected chi connectivity index (χ3v) is 5.00. The fraction of sp³-hybridized carbons (Fsp3) is 0.556. The molecule has 108 valence electrons. The summed E-state index contributed by atoms with van der Waals surface area (Å²) in [7, 11) is 0. The highest BCUT2D eigenvalue weighted by molar-refractivity contribution is 5.82. The van der Waals surface area contributed by atoms with Crippen molar-refractivity contribution in [2.45, 2.75) is 46.6 Å². The van der Waals surface area contributed by atoms with E-state index in [9.17, 15) is 0 Å². The third-order valence-electron chi connectivity index (χ3n) is 5.00. The lowest BCUT2D eigenvalue weighted by atomic mass is 9.92. The number of hydrogen-bond acceptors (Lipinski definition) is 2. The van der Waals surface area contributed by atoms with Crippen molar-refractivity contribution in [1.29, 1.82) is 0 Å². The molecule has 1 aliphatic carbocycles. The minimum absolute atomic E-state index is 0.561. The van der Waals surface area contributed by atoms with Gasteiger partial charge in [-0.25, -0.2) is 0 Å². The average Bonchev–Trinajstić information content (AvgIpc) is 3.16. The van der Waals surface area contributed by atoms with Crippen LogP contribution in [0.3, 0.4) is 0 Å². The first-order chi connectivity index (χ1) is 9.66. The molecule has 1 heterocycles. The number of rotatable bonds is 6. The lowest BCUT2D eigenvalue weighted by Crippen LogP contribution is -2.27. The van der Waals surface area contributed by atoms with Crippen LogP contribution in [0.4, 0.5) is 0 Å². The minimum Gasteiger partial charge on any atom is -0.461 e. The molecule has 0 atom stereocenters. The Morgan fingerprint density at radius 1 is 1.25 bits per heavy atom. The van der Waals surface area contributed by atoms with Crippen LogP contribution < -0.4 is 5.32 Å². The highest BCUT2D eigenvalue weighted by Gasteiger charge is 2.44. The first kappa shape index (κ1) is 13.7. The van der Waals surface area contributed by atoms with Gasteiger partial charge in [0.1, 0.15) is 11.3 Å². The molecule has 1 aromatic carbocycles. The zero-order chi connectivity index (χ0) is 14.2. The van der Waals surface area contributed by atoms with E-state index in [1.165, 1.54) is 23.8 Å². The van der Waals surface area contributed by atoms with Crippen LogP contribution in [-0.2, 0) is 13.0 Å². The fourth-order valence-corrected chi connectivity index (χ4v) is 3.18. The molecule has 1 saturated carbocycles. The molecule has 20 heavy (non-hydrogen) atoms. The second kappa shape index (κ2) is 5.25. The zero-order valence-corrected chi connectivity index (χ0v) is 12.8. The van der Waals surface area contributed by atoms with Crippen molar-refractivity contribution in [1.82, 2.24) is 5.32 Å². The number of hydrogen-bond donors (Lipinski definition) is 1. The molecular formula is C18H25NO. The molecule has 2 heteroatoms. The normalized spacial score (nSPS) is 17.0. The Bertz CT molecular complexity index is 592. The molecule has 1 N–H and O–H groups in total. The van der Waals surface area contributed by atoms with E-state index in [-0.39, 0.29) is 0 Å². The van der Waals surface area contributed by atoms with E-state index in [0.29, 0.717) is 5.41 Å². The van der Waals surface area contributed by atoms with Gasteiger partial charge in [-0.15, -0.1) is 0 Å². The summed E-state index contributed by atoms with van der Waals surface area (Å²) >= 11 is 0. The quantitative estimate of drug-likeness (QED) is 0.835. The molecule has 0 unspecified atom stereocenters. The molecule has 0 spiro atoms. The van der Waals surface area contributed by atoms with Crippen LogP contribution in [0.25, 0.3) is 11.0 Å². The highest BCUT2D eigenvalue weighted by Crippen LogP contribution is 2.51. The van der Waals surface area contributed by atoms with Gasteiger partial charge in [-0.3, -0.25) is 0 Å². The molecule has 0 radical (unpaired) electrons. The van der Waals surface area contributed by atoms with Crippen molar-refractivity contribution in [3.8, 4) is 0 Å². The monoisotopic (exact) mass is 271 g/mol. The van der Waals surface area contributed by atoms with Crippen molar-refractivity contribution < 1.29 is 4.42 Å². The van der Waals surface area contributed by atoms with Crippen LogP contribution >= 0.6 is 0 Å². The predicted octanol–water partition coefficient (Wildman–Crippen LogP) is 4.52. The maximum absolute atomic E-state index is 5.95. The van der Waals surface area contributed by atoms with Crippen LogP contribution in [-0.4, -0.2) is 6.54 Å². The van der Waals surface area contributed by atoms with E-state index < -0.39 is 0 Å². The fourth-order valence-electron chi connectivity index (χ4n) is 3.18. The van der Waals surface area contributed by atoms with Gasteiger partial charge in [-0.05, 0) is 30.2 Å². The Labute approximate surface area is 121 Å². The molecule has 2 nitrogen and oxygen atoms in total. The van der Waals surface area contributed by atoms with E-state index >= 15 is 0 Å². The molecule has 0 amide bonds. The molecule has 1 fully saturated rings. The summed E-state index contributed by atoms with van der Waals surface area (Å²) in [5.74, 6) is 1.91. The van der Waals surface area contributed by atoms with Gasteiger partial charge in [0.05, 0.1) is 0 Å². The Kier molecular flexibility index (Phi) is 3.59. The summed E-state index contributed by atoms with van der Waals surface area (Å²) in [5, 5.41) is 4.95. The summed E-state index contributed by atoms with van der Waals surface area (Å²) < 4.78 is 5.95. The van der Waals surface area contributed by atoms with E-state index in [1.54, 1.807) is 0 Å². The molecular weight excluding hydrogens is 246 g/mol. The summed E-state index contributed by atoms with van der Waals surface area (Å²) in [6.07, 6.45) is 3.72. The van der Waals surface area contributed by atoms with Gasteiger partial charge in [0.25, 0.3) is 0 Å². The molecule has 3 rings (SSSR count). The summed E-state index contributed by atoms with van der Waals surface area (Å²) in [4.78, 5) is 0. The second-order valence-corrected chi connectivity index (χ2v) is 6.47. The van der Waals surface area contributed by atoms with E-state index in [2.05, 4.69) is 44.3 Å². The van der Waals surface area contributed by atoms with E-state index in [0.717, 1.165) is 36.8 Å². The average molecular weight is 271 g/mol. The first-order valence-corrected chi connectivity index (χ1v) is 7.86. The van der Waals surface area contributed by atoms with Crippen molar-refractivity contribution >= 4 is 11.0 Å². The predicted molar refractivity (Wildman–Crippen MR) is 83.8 cm³/mol. The second-order valence-electron chi connectivity index (χ2n) is 6.47. The van der Waals surface area contributed by atoms with Gasteiger partial charge in [-0.1, -0.05) is 39.0 Å². The lowest BCUT2D eigenvalue weighted by Gasteiger charge is -2.20. The van der Waals surface area contributed by atoms with Gasteiger partial charge in [0.2, 0.25) is 0 Å². The van der Waals surface area contributed by atoms with Crippen LogP contribution in [0.2, 0.25) is 0 Å². The van der Waals surface area contributed by atoms with Gasteiger partial charge >= 0.3 is 0 Å². The van der Waals surface area contributed by atoms with Crippen molar-refractivity contribution in [3.63, 3.8) is 0 Å². The largest absolute Gasteiger partial charge is 0.461 e. The van der Waals surface area contributed by atoms with Crippen LogP contribution in [0.1, 0.15) is 44.9 Å². The third kappa shape index (κ3) is 2.37. The van der Waals surface area contributed by atoms with Crippen LogP contribution in [0.15, 0.2) is 28.7 Å². The molecule has 2 aromatic rings. The van der Waals surface area contributed by atoms with Gasteiger partial charge in [0.15, 0.2) is 0 Å². The molecule has 0 aliphatic heterocycles. The lowest BCUT2D eigenvalue weighted by molar-refractivity contribution is 0.337. The number of nitrogens with one attached hydrogen (secondary N) is 1. The zero-order valence-electron chi connectivity index (χ0n) is 12.8. The number of para-hydroxylation sites is 1. The van der Waals surface area contributed by atoms with E-state index in [4.69, 9.17) is 4.42 Å². The minimum atomic E-state index is 0.561. The summed E-state index contributed by atoms with van der Waals surface area (Å²) in [6, 6.07) is 8.37. The Morgan fingerprint density at radius 3 is 2.65 bits per heavy atom. The number of benzene rings is 1. The van der Waals surface area contributed by atoms with Crippen molar-refractivity contribution in [3.05, 3.63) is 35.6 Å². The van der Waals surface area contributed by atoms with Gasteiger partial charge < -0.3 is 9.73 Å². The Hall–Kier alpha value is -1.28. The van der Waals surface area contributed by atoms with Crippen LogP contribution in [0, 0.1) is 11.3 Å². The smallest absolute Gasteiger partial charge is 0.134 e. The number of fused-ring (bicyclic) bond motifs is 1. The summed E-state index contributed by atoms with van der Waals surface area (Å²) in [5.41, 5.74) is 2.93. The molecule has 1 aromatic heterocycles. The maximum atomic E-state index is 5.95.